The summed E-state index contributed by atoms with van der Waals surface area (Å²) in [5.74, 6) is -0.770. The summed E-state index contributed by atoms with van der Waals surface area (Å²) in [5, 5.41) is 3.05. The van der Waals surface area contributed by atoms with Gasteiger partial charge < -0.3 is 14.7 Å². The van der Waals surface area contributed by atoms with E-state index < -0.39 is 0 Å². The molecule has 2 aromatic carbocycles. The number of nitrogens with one attached hydrogen (secondary N) is 1. The number of amides is 3. The minimum absolute atomic E-state index is 0.00274. The molecule has 1 saturated heterocycles. The van der Waals surface area contributed by atoms with Gasteiger partial charge in [0.15, 0.2) is 5.13 Å². The summed E-state index contributed by atoms with van der Waals surface area (Å²) in [4.78, 5) is 60.0. The Morgan fingerprint density at radius 3 is 2.17 bits per heavy atom. The highest BCUT2D eigenvalue weighted by Gasteiger charge is 2.24. The zero-order valence-electron chi connectivity index (χ0n) is 20.4. The number of nitrogens with zero attached hydrogens (tertiary/aromatic N) is 4. The Balaban J connectivity index is 1.41. The fourth-order valence-corrected chi connectivity index (χ4v) is 4.63. The molecule has 0 atom stereocenters. The SMILES string of the molecule is CC(=O)N1CCN(C(=O)c2cccc(C(=O)c3cnc(NC(=O)c4ccc(N(C)C)cc4)s3)c2)CC1. The number of benzene rings is 2. The number of thiazole rings is 1. The summed E-state index contributed by atoms with van der Waals surface area (Å²) >= 11 is 1.08. The molecule has 2 heterocycles. The van der Waals surface area contributed by atoms with E-state index in [9.17, 15) is 19.2 Å². The lowest BCUT2D eigenvalue weighted by Gasteiger charge is -2.34. The number of hydrogen-bond acceptors (Lipinski definition) is 7. The number of carbonyl (C=O) groups excluding carboxylic acids is 4. The number of ketones is 1. The molecule has 3 amide bonds. The van der Waals surface area contributed by atoms with Crippen LogP contribution in [0.15, 0.2) is 54.7 Å². The molecule has 1 aromatic heterocycles. The number of carbonyl (C=O) groups is 4. The molecule has 36 heavy (non-hydrogen) atoms. The van der Waals surface area contributed by atoms with Gasteiger partial charge in [0.05, 0.1) is 11.1 Å². The van der Waals surface area contributed by atoms with Crippen LogP contribution in [-0.4, -0.2) is 78.6 Å². The summed E-state index contributed by atoms with van der Waals surface area (Å²) in [5.41, 5.74) is 2.24. The second-order valence-electron chi connectivity index (χ2n) is 8.63. The molecule has 1 N–H and O–H groups in total. The first-order chi connectivity index (χ1) is 17.2. The first-order valence-electron chi connectivity index (χ1n) is 11.5. The number of piperazine rings is 1. The molecule has 0 bridgehead atoms. The van der Waals surface area contributed by atoms with Crippen LogP contribution in [0, 0.1) is 0 Å². The molecule has 9 nitrogen and oxygen atoms in total. The lowest BCUT2D eigenvalue weighted by molar-refractivity contribution is -0.130. The molecule has 0 radical (unpaired) electrons. The van der Waals surface area contributed by atoms with Crippen LogP contribution in [0.25, 0.3) is 0 Å². The molecular weight excluding hydrogens is 478 g/mol. The van der Waals surface area contributed by atoms with Crippen molar-refractivity contribution in [1.82, 2.24) is 14.8 Å². The summed E-state index contributed by atoms with van der Waals surface area (Å²) in [6, 6.07) is 13.7. The van der Waals surface area contributed by atoms with Gasteiger partial charge in [-0.2, -0.15) is 0 Å². The van der Waals surface area contributed by atoms with E-state index in [2.05, 4.69) is 10.3 Å². The number of aromatic nitrogens is 1. The second-order valence-corrected chi connectivity index (χ2v) is 9.66. The van der Waals surface area contributed by atoms with E-state index in [1.165, 1.54) is 13.1 Å². The number of hydrogen-bond donors (Lipinski definition) is 1. The van der Waals surface area contributed by atoms with E-state index in [1.54, 1.807) is 46.2 Å². The Morgan fingerprint density at radius 2 is 1.53 bits per heavy atom. The smallest absolute Gasteiger partial charge is 0.257 e. The lowest BCUT2D eigenvalue weighted by atomic mass is 10.1. The monoisotopic (exact) mass is 505 g/mol. The lowest BCUT2D eigenvalue weighted by Crippen LogP contribution is -2.50. The van der Waals surface area contributed by atoms with Crippen molar-refractivity contribution in [3.05, 3.63) is 76.3 Å². The first kappa shape index (κ1) is 25.1. The highest BCUT2D eigenvalue weighted by Crippen LogP contribution is 2.23. The zero-order valence-corrected chi connectivity index (χ0v) is 21.2. The molecule has 1 fully saturated rings. The minimum Gasteiger partial charge on any atom is -0.378 e. The molecule has 10 heteroatoms. The van der Waals surface area contributed by atoms with E-state index >= 15 is 0 Å². The third-order valence-corrected chi connectivity index (χ3v) is 6.89. The van der Waals surface area contributed by atoms with Crippen molar-refractivity contribution in [3.63, 3.8) is 0 Å². The normalized spacial score (nSPS) is 13.3. The van der Waals surface area contributed by atoms with Crippen molar-refractivity contribution >= 4 is 45.7 Å². The maximum atomic E-state index is 13.1. The largest absolute Gasteiger partial charge is 0.378 e. The molecule has 1 aliphatic rings. The summed E-state index contributed by atoms with van der Waals surface area (Å²) in [6.45, 7) is 3.41. The van der Waals surface area contributed by atoms with Gasteiger partial charge in [-0.25, -0.2) is 4.98 Å². The standard InChI is InChI=1S/C26H27N5O4S/c1-17(32)30-11-13-31(14-12-30)25(35)20-6-4-5-19(15-20)23(33)22-16-27-26(36-22)28-24(34)18-7-9-21(10-8-18)29(2)3/h4-10,15-16H,11-14H2,1-3H3,(H,27,28,34). The molecule has 0 saturated carbocycles. The van der Waals surface area contributed by atoms with Crippen molar-refractivity contribution in [1.29, 1.82) is 0 Å². The number of rotatable bonds is 6. The average Bonchev–Trinajstić information content (AvgIpc) is 3.36. The molecule has 3 aromatic rings. The van der Waals surface area contributed by atoms with Gasteiger partial charge >= 0.3 is 0 Å². The predicted molar refractivity (Wildman–Crippen MR) is 139 cm³/mol. The van der Waals surface area contributed by atoms with Crippen LogP contribution in [0.5, 0.6) is 0 Å². The van der Waals surface area contributed by atoms with Crippen molar-refractivity contribution in [2.24, 2.45) is 0 Å². The van der Waals surface area contributed by atoms with Crippen LogP contribution >= 0.6 is 11.3 Å². The van der Waals surface area contributed by atoms with Gasteiger partial charge in [-0.1, -0.05) is 23.5 Å². The molecule has 4 rings (SSSR count). The Bertz CT molecular complexity index is 1290. The van der Waals surface area contributed by atoms with Crippen LogP contribution in [-0.2, 0) is 4.79 Å². The summed E-state index contributed by atoms with van der Waals surface area (Å²) < 4.78 is 0. The average molecular weight is 506 g/mol. The van der Waals surface area contributed by atoms with Gasteiger partial charge in [-0.3, -0.25) is 24.5 Å². The van der Waals surface area contributed by atoms with Gasteiger partial charge in [-0.05, 0) is 36.4 Å². The van der Waals surface area contributed by atoms with Crippen LogP contribution in [0.2, 0.25) is 0 Å². The quantitative estimate of drug-likeness (QED) is 0.517. The maximum Gasteiger partial charge on any atom is 0.257 e. The predicted octanol–water partition coefficient (Wildman–Crippen LogP) is 3.00. The van der Waals surface area contributed by atoms with Crippen molar-refractivity contribution in [3.8, 4) is 0 Å². The molecule has 0 aliphatic carbocycles. The topological polar surface area (TPSA) is 103 Å². The van der Waals surface area contributed by atoms with Gasteiger partial charge in [0, 0.05) is 69.6 Å². The Kier molecular flexibility index (Phi) is 7.44. The third-order valence-electron chi connectivity index (χ3n) is 5.98. The Hall–Kier alpha value is -4.05. The Labute approximate surface area is 213 Å². The maximum absolute atomic E-state index is 13.1. The van der Waals surface area contributed by atoms with Gasteiger partial charge in [0.1, 0.15) is 0 Å². The van der Waals surface area contributed by atoms with Crippen LogP contribution < -0.4 is 10.2 Å². The van der Waals surface area contributed by atoms with E-state index in [1.807, 2.05) is 31.1 Å². The van der Waals surface area contributed by atoms with Gasteiger partial charge in [0.25, 0.3) is 11.8 Å². The van der Waals surface area contributed by atoms with E-state index in [4.69, 9.17) is 0 Å². The van der Waals surface area contributed by atoms with Crippen LogP contribution in [0.3, 0.4) is 0 Å². The highest BCUT2D eigenvalue weighted by atomic mass is 32.1. The fourth-order valence-electron chi connectivity index (χ4n) is 3.86. The van der Waals surface area contributed by atoms with Crippen molar-refractivity contribution < 1.29 is 19.2 Å². The molecular formula is C26H27N5O4S. The van der Waals surface area contributed by atoms with E-state index in [0.29, 0.717) is 52.9 Å². The third kappa shape index (κ3) is 5.60. The first-order valence-corrected chi connectivity index (χ1v) is 12.3. The van der Waals surface area contributed by atoms with Gasteiger partial charge in [0.2, 0.25) is 11.7 Å². The zero-order chi connectivity index (χ0) is 25.8. The van der Waals surface area contributed by atoms with Crippen LogP contribution in [0.1, 0.15) is 42.9 Å². The molecule has 0 unspecified atom stereocenters. The van der Waals surface area contributed by atoms with E-state index in [0.717, 1.165) is 17.0 Å². The van der Waals surface area contributed by atoms with Crippen molar-refractivity contribution in [2.75, 3.05) is 50.5 Å². The van der Waals surface area contributed by atoms with Crippen molar-refractivity contribution in [2.45, 2.75) is 6.92 Å². The molecule has 186 valence electrons. The van der Waals surface area contributed by atoms with E-state index in [-0.39, 0.29) is 23.5 Å². The molecule has 1 aliphatic heterocycles. The van der Waals surface area contributed by atoms with Crippen LogP contribution in [0.4, 0.5) is 10.8 Å². The second kappa shape index (κ2) is 10.7. The summed E-state index contributed by atoms with van der Waals surface area (Å²) in [7, 11) is 3.84. The fraction of sp³-hybridized carbons (Fsp3) is 0.269. The summed E-state index contributed by atoms with van der Waals surface area (Å²) in [6.07, 6.45) is 1.42. The highest BCUT2D eigenvalue weighted by molar-refractivity contribution is 7.17. The van der Waals surface area contributed by atoms with Gasteiger partial charge in [-0.15, -0.1) is 0 Å². The Morgan fingerprint density at radius 1 is 0.889 bits per heavy atom. The number of anilines is 2. The molecule has 0 spiro atoms. The minimum atomic E-state index is -0.314.